The Hall–Kier alpha value is -0.570. The molecule has 1 nitrogen and oxygen atoms in total. The van der Waals surface area contributed by atoms with Gasteiger partial charge in [-0.25, -0.2) is 4.39 Å². The van der Waals surface area contributed by atoms with E-state index in [1.165, 1.54) is 18.9 Å². The summed E-state index contributed by atoms with van der Waals surface area (Å²) in [5, 5.41) is 0. The smallest absolute Gasteiger partial charge is 0.137 e. The van der Waals surface area contributed by atoms with Gasteiger partial charge < -0.3 is 4.90 Å². The van der Waals surface area contributed by atoms with Crippen molar-refractivity contribution in [2.24, 2.45) is 0 Å². The highest BCUT2D eigenvalue weighted by Crippen LogP contribution is 2.28. The summed E-state index contributed by atoms with van der Waals surface area (Å²) >= 11 is 3.21. The summed E-state index contributed by atoms with van der Waals surface area (Å²) < 4.78 is 13.6. The lowest BCUT2D eigenvalue weighted by Gasteiger charge is -2.23. The predicted octanol–water partition coefficient (Wildman–Crippen LogP) is 3.58. The van der Waals surface area contributed by atoms with Crippen molar-refractivity contribution in [2.75, 3.05) is 11.4 Å². The number of benzene rings is 1. The molecular formula is C11H13BrFN. The van der Waals surface area contributed by atoms with Gasteiger partial charge in [-0.05, 0) is 53.9 Å². The summed E-state index contributed by atoms with van der Waals surface area (Å²) in [6, 6.07) is 5.80. The van der Waals surface area contributed by atoms with Crippen molar-refractivity contribution in [3.63, 3.8) is 0 Å². The van der Waals surface area contributed by atoms with Crippen LogP contribution in [0.3, 0.4) is 0 Å². The summed E-state index contributed by atoms with van der Waals surface area (Å²) in [6.45, 7) is 3.30. The van der Waals surface area contributed by atoms with Gasteiger partial charge in [-0.3, -0.25) is 0 Å². The van der Waals surface area contributed by atoms with Crippen LogP contribution >= 0.6 is 15.9 Å². The van der Waals surface area contributed by atoms with Crippen LogP contribution < -0.4 is 4.90 Å². The average Bonchev–Trinajstić information content (AvgIpc) is 2.57. The fraction of sp³-hybridized carbons (Fsp3) is 0.455. The topological polar surface area (TPSA) is 3.24 Å². The van der Waals surface area contributed by atoms with E-state index in [0.717, 1.165) is 12.2 Å². The van der Waals surface area contributed by atoms with E-state index in [-0.39, 0.29) is 5.82 Å². The van der Waals surface area contributed by atoms with Gasteiger partial charge in [-0.1, -0.05) is 0 Å². The van der Waals surface area contributed by atoms with Crippen LogP contribution in [-0.4, -0.2) is 12.6 Å². The molecule has 76 valence electrons. The van der Waals surface area contributed by atoms with Crippen LogP contribution in [0.25, 0.3) is 0 Å². The molecule has 1 aliphatic rings. The van der Waals surface area contributed by atoms with Crippen molar-refractivity contribution in [2.45, 2.75) is 25.8 Å². The van der Waals surface area contributed by atoms with Crippen LogP contribution in [0, 0.1) is 5.82 Å². The van der Waals surface area contributed by atoms with E-state index in [1.54, 1.807) is 0 Å². The molecule has 1 atom stereocenters. The van der Waals surface area contributed by atoms with Gasteiger partial charge in [-0.2, -0.15) is 0 Å². The van der Waals surface area contributed by atoms with Crippen molar-refractivity contribution in [1.82, 2.24) is 0 Å². The molecule has 1 fully saturated rings. The lowest BCUT2D eigenvalue weighted by Crippen LogP contribution is -2.26. The molecule has 2 rings (SSSR count). The third-order valence-electron chi connectivity index (χ3n) is 2.79. The Kier molecular flexibility index (Phi) is 2.77. The zero-order valence-electron chi connectivity index (χ0n) is 8.13. The molecule has 0 saturated carbocycles. The minimum Gasteiger partial charge on any atom is -0.369 e. The van der Waals surface area contributed by atoms with Gasteiger partial charge in [0, 0.05) is 18.3 Å². The van der Waals surface area contributed by atoms with E-state index in [9.17, 15) is 4.39 Å². The summed E-state index contributed by atoms with van der Waals surface area (Å²) in [4.78, 5) is 2.32. The van der Waals surface area contributed by atoms with E-state index in [2.05, 4.69) is 27.8 Å². The van der Waals surface area contributed by atoms with E-state index in [0.29, 0.717) is 10.5 Å². The van der Waals surface area contributed by atoms with Gasteiger partial charge in [0.25, 0.3) is 0 Å². The second kappa shape index (κ2) is 3.89. The molecule has 1 saturated heterocycles. The van der Waals surface area contributed by atoms with Gasteiger partial charge in [0.1, 0.15) is 5.82 Å². The Morgan fingerprint density at radius 1 is 1.50 bits per heavy atom. The van der Waals surface area contributed by atoms with Gasteiger partial charge in [0.05, 0.1) is 4.47 Å². The number of rotatable bonds is 1. The number of nitrogens with zero attached hydrogens (tertiary/aromatic N) is 1. The van der Waals surface area contributed by atoms with Crippen molar-refractivity contribution in [1.29, 1.82) is 0 Å². The van der Waals surface area contributed by atoms with Crippen molar-refractivity contribution in [3.8, 4) is 0 Å². The average molecular weight is 258 g/mol. The van der Waals surface area contributed by atoms with Crippen LogP contribution in [0.1, 0.15) is 19.8 Å². The molecule has 0 bridgehead atoms. The van der Waals surface area contributed by atoms with Crippen LogP contribution in [0.2, 0.25) is 0 Å². The van der Waals surface area contributed by atoms with E-state index < -0.39 is 0 Å². The van der Waals surface area contributed by atoms with Gasteiger partial charge in [0.15, 0.2) is 0 Å². The lowest BCUT2D eigenvalue weighted by molar-refractivity contribution is 0.620. The van der Waals surface area contributed by atoms with Crippen LogP contribution in [0.4, 0.5) is 10.1 Å². The number of hydrogen-bond donors (Lipinski definition) is 0. The van der Waals surface area contributed by atoms with Crippen molar-refractivity contribution >= 4 is 21.6 Å². The van der Waals surface area contributed by atoms with Crippen molar-refractivity contribution in [3.05, 3.63) is 28.5 Å². The summed E-state index contributed by atoms with van der Waals surface area (Å²) in [6.07, 6.45) is 2.46. The molecule has 0 N–H and O–H groups in total. The first-order chi connectivity index (χ1) is 6.68. The fourth-order valence-electron chi connectivity index (χ4n) is 1.98. The molecule has 1 aromatic carbocycles. The Labute approximate surface area is 92.0 Å². The molecule has 1 heterocycles. The fourth-order valence-corrected chi connectivity index (χ4v) is 2.35. The highest BCUT2D eigenvalue weighted by atomic mass is 79.9. The largest absolute Gasteiger partial charge is 0.369 e. The Morgan fingerprint density at radius 2 is 2.29 bits per heavy atom. The number of anilines is 1. The Balaban J connectivity index is 2.28. The molecule has 0 spiro atoms. The SMILES string of the molecule is CC1CCCN1c1ccc(F)c(Br)c1. The number of halogens is 2. The zero-order chi connectivity index (χ0) is 10.1. The molecular weight excluding hydrogens is 245 g/mol. The third-order valence-corrected chi connectivity index (χ3v) is 3.40. The standard InChI is InChI=1S/C11H13BrFN/c1-8-3-2-6-14(8)9-4-5-11(13)10(12)7-9/h4-5,7-8H,2-3,6H2,1H3. The molecule has 0 amide bonds. The number of hydrogen-bond acceptors (Lipinski definition) is 1. The quantitative estimate of drug-likeness (QED) is 0.744. The normalized spacial score (nSPS) is 21.6. The summed E-state index contributed by atoms with van der Waals surface area (Å²) in [7, 11) is 0. The Morgan fingerprint density at radius 3 is 2.86 bits per heavy atom. The van der Waals surface area contributed by atoms with E-state index in [1.807, 2.05) is 12.1 Å². The molecule has 0 aliphatic carbocycles. The lowest BCUT2D eigenvalue weighted by atomic mass is 10.2. The molecule has 0 aromatic heterocycles. The first kappa shape index (κ1) is 9.97. The molecule has 3 heteroatoms. The summed E-state index contributed by atoms with van der Waals surface area (Å²) in [5.41, 5.74) is 1.11. The zero-order valence-corrected chi connectivity index (χ0v) is 9.72. The Bertz CT molecular complexity index is 340. The van der Waals surface area contributed by atoms with Gasteiger partial charge in [0.2, 0.25) is 0 Å². The van der Waals surface area contributed by atoms with Gasteiger partial charge in [-0.15, -0.1) is 0 Å². The highest BCUT2D eigenvalue weighted by molar-refractivity contribution is 9.10. The minimum atomic E-state index is -0.194. The first-order valence-corrected chi connectivity index (χ1v) is 5.69. The second-order valence-corrected chi connectivity index (χ2v) is 4.64. The molecule has 1 aliphatic heterocycles. The van der Waals surface area contributed by atoms with Crippen LogP contribution in [-0.2, 0) is 0 Å². The molecule has 1 aromatic rings. The molecule has 1 unspecified atom stereocenters. The molecule has 14 heavy (non-hydrogen) atoms. The van der Waals surface area contributed by atoms with E-state index in [4.69, 9.17) is 0 Å². The maximum absolute atomic E-state index is 13.0. The van der Waals surface area contributed by atoms with E-state index >= 15 is 0 Å². The predicted molar refractivity (Wildman–Crippen MR) is 60.1 cm³/mol. The van der Waals surface area contributed by atoms with Crippen LogP contribution in [0.15, 0.2) is 22.7 Å². The second-order valence-electron chi connectivity index (χ2n) is 3.78. The maximum Gasteiger partial charge on any atom is 0.137 e. The summed E-state index contributed by atoms with van der Waals surface area (Å²) in [5.74, 6) is -0.194. The minimum absolute atomic E-state index is 0.194. The van der Waals surface area contributed by atoms with Gasteiger partial charge >= 0.3 is 0 Å². The monoisotopic (exact) mass is 257 g/mol. The third kappa shape index (κ3) is 1.78. The van der Waals surface area contributed by atoms with Crippen molar-refractivity contribution < 1.29 is 4.39 Å². The highest BCUT2D eigenvalue weighted by Gasteiger charge is 2.20. The van der Waals surface area contributed by atoms with Crippen LogP contribution in [0.5, 0.6) is 0 Å². The first-order valence-electron chi connectivity index (χ1n) is 4.90. The maximum atomic E-state index is 13.0. The molecule has 0 radical (unpaired) electrons.